The van der Waals surface area contributed by atoms with Gasteiger partial charge in [-0.3, -0.25) is 0 Å². The zero-order valence-corrected chi connectivity index (χ0v) is 19.6. The quantitative estimate of drug-likeness (QED) is 0.206. The Bertz CT molecular complexity index is 666. The van der Waals surface area contributed by atoms with Crippen LogP contribution in [0.3, 0.4) is 0 Å². The highest BCUT2D eigenvalue weighted by Gasteiger charge is 2.14. The van der Waals surface area contributed by atoms with Crippen LogP contribution in [0.25, 0.3) is 10.4 Å². The standard InChI is InChI=1S/C24H42N6S/c25-7-2-11-29-22(5-9-27)17-19-14-20(16-21(15-19)24-4-1-13-31-24)18-23(6-10-28)30-12-3-8-26/h1,4,13-16,22-23,29-30H,2-3,5-12,17-18,25-28H2. The van der Waals surface area contributed by atoms with Gasteiger partial charge >= 0.3 is 0 Å². The normalized spacial score (nSPS) is 13.4. The Kier molecular flexibility index (Phi) is 12.9. The first-order chi connectivity index (χ1) is 15.2. The van der Waals surface area contributed by atoms with Crippen LogP contribution in [0.15, 0.2) is 35.7 Å². The van der Waals surface area contributed by atoms with Crippen LogP contribution in [0.2, 0.25) is 0 Å². The average molecular weight is 447 g/mol. The van der Waals surface area contributed by atoms with Crippen molar-refractivity contribution >= 4 is 11.3 Å². The van der Waals surface area contributed by atoms with E-state index in [2.05, 4.69) is 46.3 Å². The fraction of sp³-hybridized carbons (Fsp3) is 0.583. The molecule has 0 aliphatic heterocycles. The molecule has 0 bridgehead atoms. The van der Waals surface area contributed by atoms with Crippen molar-refractivity contribution in [3.8, 4) is 10.4 Å². The third-order valence-electron chi connectivity index (χ3n) is 5.48. The summed E-state index contributed by atoms with van der Waals surface area (Å²) in [4.78, 5) is 1.31. The first kappa shape index (κ1) is 25.9. The fourth-order valence-corrected chi connectivity index (χ4v) is 4.64. The van der Waals surface area contributed by atoms with Crippen LogP contribution in [0, 0.1) is 0 Å². The van der Waals surface area contributed by atoms with E-state index in [-0.39, 0.29) is 0 Å². The van der Waals surface area contributed by atoms with E-state index in [1.165, 1.54) is 21.6 Å². The van der Waals surface area contributed by atoms with Crippen molar-refractivity contribution in [2.24, 2.45) is 22.9 Å². The van der Waals surface area contributed by atoms with E-state index in [4.69, 9.17) is 22.9 Å². The molecule has 2 rings (SSSR count). The molecule has 1 aromatic heterocycles. The van der Waals surface area contributed by atoms with Crippen LogP contribution in [0.5, 0.6) is 0 Å². The summed E-state index contributed by atoms with van der Waals surface area (Å²) in [5, 5.41) is 9.42. The highest BCUT2D eigenvalue weighted by molar-refractivity contribution is 7.13. The second kappa shape index (κ2) is 15.5. The summed E-state index contributed by atoms with van der Waals surface area (Å²) >= 11 is 1.79. The van der Waals surface area contributed by atoms with Crippen LogP contribution >= 0.6 is 11.3 Å². The number of nitrogens with two attached hydrogens (primary N) is 4. The van der Waals surface area contributed by atoms with Gasteiger partial charge in [0.15, 0.2) is 0 Å². The number of hydrogen-bond donors (Lipinski definition) is 6. The summed E-state index contributed by atoms with van der Waals surface area (Å²) < 4.78 is 0. The van der Waals surface area contributed by atoms with Gasteiger partial charge in [0.25, 0.3) is 0 Å². The van der Waals surface area contributed by atoms with Crippen LogP contribution < -0.4 is 33.6 Å². The maximum atomic E-state index is 5.89. The lowest BCUT2D eigenvalue weighted by atomic mass is 9.94. The Labute approximate surface area is 192 Å². The van der Waals surface area contributed by atoms with Crippen molar-refractivity contribution in [3.63, 3.8) is 0 Å². The van der Waals surface area contributed by atoms with Gasteiger partial charge < -0.3 is 33.6 Å². The summed E-state index contributed by atoms with van der Waals surface area (Å²) in [5.41, 5.74) is 27.1. The molecule has 0 radical (unpaired) electrons. The maximum Gasteiger partial charge on any atom is 0.0342 e. The van der Waals surface area contributed by atoms with E-state index in [0.29, 0.717) is 38.3 Å². The molecule has 6 nitrogen and oxygen atoms in total. The number of rotatable bonds is 17. The van der Waals surface area contributed by atoms with Gasteiger partial charge in [0, 0.05) is 17.0 Å². The minimum atomic E-state index is 0.366. The van der Waals surface area contributed by atoms with Gasteiger partial charge in [0.2, 0.25) is 0 Å². The van der Waals surface area contributed by atoms with E-state index < -0.39 is 0 Å². The molecule has 0 spiro atoms. The molecule has 0 aliphatic carbocycles. The first-order valence-corrected chi connectivity index (χ1v) is 12.5. The van der Waals surface area contributed by atoms with Gasteiger partial charge in [-0.05, 0) is 106 Å². The third kappa shape index (κ3) is 9.78. The lowest BCUT2D eigenvalue weighted by molar-refractivity contribution is 0.475. The predicted octanol–water partition coefficient (Wildman–Crippen LogP) is 1.81. The second-order valence-corrected chi connectivity index (χ2v) is 9.11. The summed E-state index contributed by atoms with van der Waals surface area (Å²) in [6.45, 7) is 4.65. The highest BCUT2D eigenvalue weighted by atomic mass is 32.1. The molecule has 0 amide bonds. The molecule has 10 N–H and O–H groups in total. The van der Waals surface area contributed by atoms with E-state index in [1.807, 2.05) is 0 Å². The zero-order valence-electron chi connectivity index (χ0n) is 18.8. The number of benzene rings is 1. The minimum Gasteiger partial charge on any atom is -0.330 e. The predicted molar refractivity (Wildman–Crippen MR) is 135 cm³/mol. The number of thiophene rings is 1. The fourth-order valence-electron chi connectivity index (χ4n) is 3.92. The zero-order chi connectivity index (χ0) is 22.3. The van der Waals surface area contributed by atoms with Crippen molar-refractivity contribution in [3.05, 3.63) is 46.8 Å². The van der Waals surface area contributed by atoms with Gasteiger partial charge in [0.1, 0.15) is 0 Å². The van der Waals surface area contributed by atoms with Gasteiger partial charge in [-0.1, -0.05) is 24.3 Å². The van der Waals surface area contributed by atoms with Crippen molar-refractivity contribution in [1.82, 2.24) is 10.6 Å². The van der Waals surface area contributed by atoms with E-state index in [1.54, 1.807) is 11.3 Å². The molecule has 2 atom stereocenters. The Hall–Kier alpha value is -1.32. The molecule has 2 aromatic rings. The summed E-state index contributed by atoms with van der Waals surface area (Å²) in [6.07, 6.45) is 5.82. The van der Waals surface area contributed by atoms with Crippen LogP contribution in [-0.4, -0.2) is 51.4 Å². The van der Waals surface area contributed by atoms with Crippen LogP contribution in [0.1, 0.15) is 36.8 Å². The Morgan fingerprint density at radius 2 is 1.29 bits per heavy atom. The largest absolute Gasteiger partial charge is 0.330 e. The molecule has 31 heavy (non-hydrogen) atoms. The van der Waals surface area contributed by atoms with Gasteiger partial charge in [-0.2, -0.15) is 0 Å². The molecule has 0 fully saturated rings. The molecule has 1 aromatic carbocycles. The molecule has 1 heterocycles. The summed E-state index contributed by atoms with van der Waals surface area (Å²) in [5.74, 6) is 0. The van der Waals surface area contributed by atoms with Crippen LogP contribution in [0.4, 0.5) is 0 Å². The van der Waals surface area contributed by atoms with Crippen molar-refractivity contribution in [1.29, 1.82) is 0 Å². The van der Waals surface area contributed by atoms with Crippen molar-refractivity contribution in [2.45, 2.75) is 50.6 Å². The van der Waals surface area contributed by atoms with Crippen molar-refractivity contribution < 1.29 is 0 Å². The summed E-state index contributed by atoms with van der Waals surface area (Å²) in [7, 11) is 0. The monoisotopic (exact) mass is 446 g/mol. The van der Waals surface area contributed by atoms with Crippen molar-refractivity contribution in [2.75, 3.05) is 39.3 Å². The van der Waals surface area contributed by atoms with Gasteiger partial charge in [-0.15, -0.1) is 11.3 Å². The molecule has 0 aliphatic rings. The molecule has 174 valence electrons. The molecular weight excluding hydrogens is 404 g/mol. The number of hydrogen-bond acceptors (Lipinski definition) is 7. The van der Waals surface area contributed by atoms with E-state index >= 15 is 0 Å². The molecule has 2 unspecified atom stereocenters. The molecule has 7 heteroatoms. The van der Waals surface area contributed by atoms with Crippen LogP contribution in [-0.2, 0) is 12.8 Å². The minimum absolute atomic E-state index is 0.366. The maximum absolute atomic E-state index is 5.89. The Morgan fingerprint density at radius 1 is 0.742 bits per heavy atom. The third-order valence-corrected chi connectivity index (χ3v) is 6.40. The average Bonchev–Trinajstić information content (AvgIpc) is 3.29. The number of nitrogens with one attached hydrogen (secondary N) is 2. The Balaban J connectivity index is 2.21. The Morgan fingerprint density at radius 3 is 1.71 bits per heavy atom. The second-order valence-electron chi connectivity index (χ2n) is 8.16. The summed E-state index contributed by atoms with van der Waals surface area (Å²) in [6, 6.07) is 12.1. The lowest BCUT2D eigenvalue weighted by Crippen LogP contribution is -2.35. The smallest absolute Gasteiger partial charge is 0.0342 e. The molecular formula is C24H42N6S. The molecule has 0 saturated carbocycles. The van der Waals surface area contributed by atoms with Gasteiger partial charge in [-0.25, -0.2) is 0 Å². The SMILES string of the molecule is NCCCNC(CCN)Cc1cc(CC(CCN)NCCCN)cc(-c2cccs2)c1. The molecule has 0 saturated heterocycles. The topological polar surface area (TPSA) is 128 Å². The highest BCUT2D eigenvalue weighted by Crippen LogP contribution is 2.28. The van der Waals surface area contributed by atoms with E-state index in [0.717, 1.165) is 51.6 Å². The first-order valence-electron chi connectivity index (χ1n) is 11.6. The van der Waals surface area contributed by atoms with E-state index in [9.17, 15) is 0 Å². The lowest BCUT2D eigenvalue weighted by Gasteiger charge is -2.21. The van der Waals surface area contributed by atoms with Gasteiger partial charge in [0.05, 0.1) is 0 Å².